The van der Waals surface area contributed by atoms with Gasteiger partial charge in [0.25, 0.3) is 11.8 Å². The standard InChI is InChI=1S/C19H22N2O3/c1-14(12-13-22)20-18(23)15-8-10-16(11-9-15)19(24)21(2)17-6-4-3-5-7-17/h3-11,14,22H,12-13H2,1-2H3,(H,20,23)/t14-/m1/s1. The number of carbonyl (C=O) groups excluding carboxylic acids is 2. The molecular formula is C19H22N2O3. The molecule has 126 valence electrons. The van der Waals surface area contributed by atoms with Crippen LogP contribution in [-0.2, 0) is 0 Å². The van der Waals surface area contributed by atoms with E-state index in [9.17, 15) is 9.59 Å². The second-order valence-electron chi connectivity index (χ2n) is 5.66. The van der Waals surface area contributed by atoms with Crippen LogP contribution >= 0.6 is 0 Å². The van der Waals surface area contributed by atoms with Crippen LogP contribution in [0.3, 0.4) is 0 Å². The Morgan fingerprint density at radius 3 is 2.21 bits per heavy atom. The molecule has 5 heteroatoms. The Morgan fingerprint density at radius 2 is 1.62 bits per heavy atom. The number of anilines is 1. The summed E-state index contributed by atoms with van der Waals surface area (Å²) in [5, 5.41) is 11.7. The average Bonchev–Trinajstić information content (AvgIpc) is 2.61. The Morgan fingerprint density at radius 1 is 1.04 bits per heavy atom. The summed E-state index contributed by atoms with van der Waals surface area (Å²) in [5.41, 5.74) is 1.81. The molecule has 0 saturated heterocycles. The van der Waals surface area contributed by atoms with Gasteiger partial charge in [0.1, 0.15) is 0 Å². The maximum absolute atomic E-state index is 12.5. The molecule has 2 aromatic carbocycles. The lowest BCUT2D eigenvalue weighted by Gasteiger charge is -2.17. The molecule has 0 fully saturated rings. The molecule has 0 bridgehead atoms. The van der Waals surface area contributed by atoms with Crippen molar-refractivity contribution in [3.8, 4) is 0 Å². The van der Waals surface area contributed by atoms with E-state index in [-0.39, 0.29) is 24.5 Å². The molecule has 0 aromatic heterocycles. The van der Waals surface area contributed by atoms with Crippen LogP contribution in [0.2, 0.25) is 0 Å². The first-order valence-electron chi connectivity index (χ1n) is 7.88. The fourth-order valence-corrected chi connectivity index (χ4v) is 2.30. The predicted molar refractivity (Wildman–Crippen MR) is 94.2 cm³/mol. The second kappa shape index (κ2) is 8.26. The molecule has 0 spiro atoms. The van der Waals surface area contributed by atoms with Crippen LogP contribution in [0, 0.1) is 0 Å². The van der Waals surface area contributed by atoms with E-state index in [0.29, 0.717) is 17.5 Å². The summed E-state index contributed by atoms with van der Waals surface area (Å²) in [7, 11) is 1.72. The molecule has 0 aliphatic rings. The molecule has 2 aromatic rings. The molecule has 0 saturated carbocycles. The first-order chi connectivity index (χ1) is 11.5. The highest BCUT2D eigenvalue weighted by Gasteiger charge is 2.15. The Kier molecular flexibility index (Phi) is 6.09. The molecule has 1 atom stereocenters. The van der Waals surface area contributed by atoms with Gasteiger partial charge < -0.3 is 15.3 Å². The Labute approximate surface area is 141 Å². The van der Waals surface area contributed by atoms with Crippen molar-refractivity contribution in [3.05, 3.63) is 65.7 Å². The number of carbonyl (C=O) groups is 2. The van der Waals surface area contributed by atoms with E-state index in [1.165, 1.54) is 0 Å². The van der Waals surface area contributed by atoms with Gasteiger partial charge in [-0.2, -0.15) is 0 Å². The van der Waals surface area contributed by atoms with Gasteiger partial charge in [0.15, 0.2) is 0 Å². The number of hydrogen-bond acceptors (Lipinski definition) is 3. The maximum atomic E-state index is 12.5. The van der Waals surface area contributed by atoms with Crippen molar-refractivity contribution >= 4 is 17.5 Å². The number of benzene rings is 2. The van der Waals surface area contributed by atoms with Crippen molar-refractivity contribution in [1.29, 1.82) is 0 Å². The Balaban J connectivity index is 2.06. The van der Waals surface area contributed by atoms with Crippen LogP contribution in [0.1, 0.15) is 34.1 Å². The van der Waals surface area contributed by atoms with Gasteiger partial charge in [-0.25, -0.2) is 0 Å². The van der Waals surface area contributed by atoms with Gasteiger partial charge in [-0.15, -0.1) is 0 Å². The number of aliphatic hydroxyl groups is 1. The summed E-state index contributed by atoms with van der Waals surface area (Å²) < 4.78 is 0. The quantitative estimate of drug-likeness (QED) is 0.857. The molecule has 0 aliphatic carbocycles. The fraction of sp³-hybridized carbons (Fsp3) is 0.263. The number of nitrogens with one attached hydrogen (secondary N) is 1. The lowest BCUT2D eigenvalue weighted by molar-refractivity contribution is 0.0932. The number of hydrogen-bond donors (Lipinski definition) is 2. The van der Waals surface area contributed by atoms with Gasteiger partial charge in [0.2, 0.25) is 0 Å². The SMILES string of the molecule is C[C@H](CCO)NC(=O)c1ccc(C(=O)N(C)c2ccccc2)cc1. The van der Waals surface area contributed by atoms with Gasteiger partial charge in [-0.3, -0.25) is 9.59 Å². The van der Waals surface area contributed by atoms with E-state index in [1.807, 2.05) is 37.3 Å². The van der Waals surface area contributed by atoms with Crippen molar-refractivity contribution in [2.24, 2.45) is 0 Å². The van der Waals surface area contributed by atoms with Crippen LogP contribution < -0.4 is 10.2 Å². The van der Waals surface area contributed by atoms with Gasteiger partial charge in [-0.1, -0.05) is 18.2 Å². The largest absolute Gasteiger partial charge is 0.396 e. The molecule has 24 heavy (non-hydrogen) atoms. The van der Waals surface area contributed by atoms with Crippen LogP contribution in [-0.4, -0.2) is 36.6 Å². The highest BCUT2D eigenvalue weighted by Crippen LogP contribution is 2.15. The second-order valence-corrected chi connectivity index (χ2v) is 5.66. The number of amides is 2. The summed E-state index contributed by atoms with van der Waals surface area (Å²) in [6, 6.07) is 15.8. The van der Waals surface area contributed by atoms with E-state index in [0.717, 1.165) is 5.69 Å². The van der Waals surface area contributed by atoms with Crippen molar-refractivity contribution in [3.63, 3.8) is 0 Å². The molecule has 0 unspecified atom stereocenters. The fourth-order valence-electron chi connectivity index (χ4n) is 2.30. The molecule has 2 amide bonds. The lowest BCUT2D eigenvalue weighted by Crippen LogP contribution is -2.33. The minimum atomic E-state index is -0.216. The summed E-state index contributed by atoms with van der Waals surface area (Å²) >= 11 is 0. The molecule has 0 radical (unpaired) electrons. The Hall–Kier alpha value is -2.66. The van der Waals surface area contributed by atoms with Crippen molar-refractivity contribution in [2.45, 2.75) is 19.4 Å². The van der Waals surface area contributed by atoms with Crippen LogP contribution in [0.25, 0.3) is 0 Å². The van der Waals surface area contributed by atoms with Crippen molar-refractivity contribution in [2.75, 3.05) is 18.6 Å². The first-order valence-corrected chi connectivity index (χ1v) is 7.88. The number of nitrogens with zero attached hydrogens (tertiary/aromatic N) is 1. The van der Waals surface area contributed by atoms with Crippen LogP contribution in [0.5, 0.6) is 0 Å². The van der Waals surface area contributed by atoms with E-state index in [4.69, 9.17) is 5.11 Å². The van der Waals surface area contributed by atoms with E-state index in [2.05, 4.69) is 5.32 Å². The van der Waals surface area contributed by atoms with Crippen LogP contribution in [0.4, 0.5) is 5.69 Å². The highest BCUT2D eigenvalue weighted by atomic mass is 16.3. The number of rotatable bonds is 6. The molecule has 2 N–H and O–H groups in total. The zero-order valence-electron chi connectivity index (χ0n) is 13.9. The normalized spacial score (nSPS) is 11.6. The summed E-state index contributed by atoms with van der Waals surface area (Å²) in [6.45, 7) is 1.86. The van der Waals surface area contributed by atoms with E-state index in [1.54, 1.807) is 36.2 Å². The minimum Gasteiger partial charge on any atom is -0.396 e. The molecule has 0 aliphatic heterocycles. The lowest BCUT2D eigenvalue weighted by atomic mass is 10.1. The van der Waals surface area contributed by atoms with Gasteiger partial charge in [0.05, 0.1) is 0 Å². The molecular weight excluding hydrogens is 304 g/mol. The van der Waals surface area contributed by atoms with Crippen LogP contribution in [0.15, 0.2) is 54.6 Å². The molecule has 2 rings (SSSR count). The topological polar surface area (TPSA) is 69.6 Å². The molecule has 0 heterocycles. The first kappa shape index (κ1) is 17.7. The highest BCUT2D eigenvalue weighted by molar-refractivity contribution is 6.06. The number of para-hydroxylation sites is 1. The van der Waals surface area contributed by atoms with E-state index >= 15 is 0 Å². The summed E-state index contributed by atoms with van der Waals surface area (Å²) in [5.74, 6) is -0.354. The molecule has 5 nitrogen and oxygen atoms in total. The zero-order valence-corrected chi connectivity index (χ0v) is 13.9. The zero-order chi connectivity index (χ0) is 17.5. The summed E-state index contributed by atoms with van der Waals surface area (Å²) in [4.78, 5) is 26.1. The summed E-state index contributed by atoms with van der Waals surface area (Å²) in [6.07, 6.45) is 0.504. The van der Waals surface area contributed by atoms with Gasteiger partial charge >= 0.3 is 0 Å². The van der Waals surface area contributed by atoms with Gasteiger partial charge in [0, 0.05) is 36.5 Å². The van der Waals surface area contributed by atoms with E-state index < -0.39 is 0 Å². The number of aliphatic hydroxyl groups excluding tert-OH is 1. The smallest absolute Gasteiger partial charge is 0.258 e. The third kappa shape index (κ3) is 4.43. The average molecular weight is 326 g/mol. The third-order valence-electron chi connectivity index (χ3n) is 3.78. The maximum Gasteiger partial charge on any atom is 0.258 e. The third-order valence-corrected chi connectivity index (χ3v) is 3.78. The monoisotopic (exact) mass is 326 g/mol. The Bertz CT molecular complexity index is 684. The van der Waals surface area contributed by atoms with Gasteiger partial charge in [-0.05, 0) is 49.7 Å². The predicted octanol–water partition coefficient (Wildman–Crippen LogP) is 2.46. The van der Waals surface area contributed by atoms with Crippen molar-refractivity contribution < 1.29 is 14.7 Å². The minimum absolute atomic E-state index is 0.0285. The van der Waals surface area contributed by atoms with Crippen molar-refractivity contribution in [1.82, 2.24) is 5.32 Å².